The summed E-state index contributed by atoms with van der Waals surface area (Å²) >= 11 is 0. The number of carbonyl (C=O) groups is 4. The predicted octanol–water partition coefficient (Wildman–Crippen LogP) is 5.48. The molecule has 3 aromatic rings. The number of carboxylic acids is 2. The third-order valence-electron chi connectivity index (χ3n) is 7.66. The molecule has 236 valence electrons. The molecule has 1 amide bonds. The Balaban J connectivity index is 2.07. The van der Waals surface area contributed by atoms with Gasteiger partial charge in [0.1, 0.15) is 0 Å². The van der Waals surface area contributed by atoms with Crippen LogP contribution in [0.3, 0.4) is 0 Å². The third-order valence-corrected chi connectivity index (χ3v) is 7.66. The Hall–Kier alpha value is -4.28. The summed E-state index contributed by atoms with van der Waals surface area (Å²) < 4.78 is 16.6. The number of methoxy groups -OCH3 is 1. The van der Waals surface area contributed by atoms with Gasteiger partial charge in [0, 0.05) is 44.6 Å². The Morgan fingerprint density at radius 2 is 1.48 bits per heavy atom. The maximum absolute atomic E-state index is 14.0. The summed E-state index contributed by atoms with van der Waals surface area (Å²) in [4.78, 5) is 51.0. The fourth-order valence-corrected chi connectivity index (χ4v) is 5.36. The Labute approximate surface area is 257 Å². The van der Waals surface area contributed by atoms with Crippen LogP contribution in [0.4, 0.5) is 0 Å². The molecule has 3 atom stereocenters. The Kier molecular flexibility index (Phi) is 12.9. The fraction of sp³-hybridized carbons (Fsp3) is 0.412. The van der Waals surface area contributed by atoms with Crippen molar-refractivity contribution in [2.24, 2.45) is 5.92 Å². The van der Waals surface area contributed by atoms with E-state index < -0.39 is 54.9 Å². The van der Waals surface area contributed by atoms with Crippen LogP contribution in [0.15, 0.2) is 66.7 Å². The number of esters is 1. The topological polar surface area (TPSA) is 140 Å². The van der Waals surface area contributed by atoms with Crippen molar-refractivity contribution < 1.29 is 43.6 Å². The zero-order chi connectivity index (χ0) is 32.2. The molecule has 10 heteroatoms. The van der Waals surface area contributed by atoms with E-state index in [1.54, 1.807) is 29.2 Å². The maximum Gasteiger partial charge on any atom is 0.337 e. The fourth-order valence-electron chi connectivity index (χ4n) is 5.36. The molecule has 0 aliphatic carbocycles. The van der Waals surface area contributed by atoms with Gasteiger partial charge in [0.05, 0.1) is 25.0 Å². The monoisotopic (exact) mass is 607 g/mol. The van der Waals surface area contributed by atoms with E-state index in [9.17, 15) is 29.4 Å². The standard InChI is InChI=1S/C34H41NO9/c1-5-43-32(44-6-2)20-29(25-13-15-26(16-14-25)34(41)42-4)22(3)35(30(36)18-28(33(39)40)19-31(37)38)21-23-11-12-24-9-7-8-10-27(24)17-23/h7-17,22,28-29,32H,5-6,18-21H2,1-4H3,(H,37,38)(H,39,40). The van der Waals surface area contributed by atoms with E-state index in [1.807, 2.05) is 63.2 Å². The average Bonchev–Trinajstić information content (AvgIpc) is 3.01. The van der Waals surface area contributed by atoms with Crippen molar-refractivity contribution in [2.45, 2.75) is 64.8 Å². The number of hydrogen-bond donors (Lipinski definition) is 2. The zero-order valence-electron chi connectivity index (χ0n) is 25.6. The van der Waals surface area contributed by atoms with Crippen LogP contribution in [0.2, 0.25) is 0 Å². The quantitative estimate of drug-likeness (QED) is 0.151. The van der Waals surface area contributed by atoms with E-state index in [1.165, 1.54) is 7.11 Å². The van der Waals surface area contributed by atoms with Crippen molar-refractivity contribution in [1.82, 2.24) is 4.90 Å². The van der Waals surface area contributed by atoms with E-state index in [-0.39, 0.29) is 12.5 Å². The van der Waals surface area contributed by atoms with Gasteiger partial charge in [-0.3, -0.25) is 14.4 Å². The molecule has 0 heterocycles. The van der Waals surface area contributed by atoms with Crippen LogP contribution in [0.5, 0.6) is 0 Å². The highest BCUT2D eigenvalue weighted by Gasteiger charge is 2.34. The second-order valence-electron chi connectivity index (χ2n) is 10.6. The maximum atomic E-state index is 14.0. The molecule has 2 N–H and O–H groups in total. The first-order valence-electron chi connectivity index (χ1n) is 14.7. The first-order chi connectivity index (χ1) is 21.1. The van der Waals surface area contributed by atoms with Gasteiger partial charge in [-0.1, -0.05) is 48.5 Å². The molecule has 0 bridgehead atoms. The SMILES string of the molecule is CCOC(CC(c1ccc(C(=O)OC)cc1)C(C)N(Cc1ccc2ccccc2c1)C(=O)CC(CC(=O)O)C(=O)O)OCC. The number of carboxylic acid groups (broad SMARTS) is 2. The molecule has 44 heavy (non-hydrogen) atoms. The Morgan fingerprint density at radius 3 is 2.05 bits per heavy atom. The summed E-state index contributed by atoms with van der Waals surface area (Å²) in [6.07, 6.45) is -1.38. The molecular weight excluding hydrogens is 566 g/mol. The zero-order valence-corrected chi connectivity index (χ0v) is 25.6. The summed E-state index contributed by atoms with van der Waals surface area (Å²) in [5.41, 5.74) is 2.02. The van der Waals surface area contributed by atoms with Gasteiger partial charge >= 0.3 is 17.9 Å². The van der Waals surface area contributed by atoms with Gasteiger partial charge in [0.25, 0.3) is 0 Å². The van der Waals surface area contributed by atoms with Crippen LogP contribution < -0.4 is 0 Å². The van der Waals surface area contributed by atoms with Crippen molar-refractivity contribution in [3.05, 3.63) is 83.4 Å². The first-order valence-corrected chi connectivity index (χ1v) is 14.7. The minimum absolute atomic E-state index is 0.162. The lowest BCUT2D eigenvalue weighted by molar-refractivity contribution is -0.153. The number of fused-ring (bicyclic) bond motifs is 1. The average molecular weight is 608 g/mol. The van der Waals surface area contributed by atoms with Crippen molar-refractivity contribution in [1.29, 1.82) is 0 Å². The summed E-state index contributed by atoms with van der Waals surface area (Å²) in [5.74, 6) is -5.35. The second-order valence-corrected chi connectivity index (χ2v) is 10.6. The lowest BCUT2D eigenvalue weighted by atomic mass is 9.86. The van der Waals surface area contributed by atoms with Gasteiger partial charge in [0.15, 0.2) is 6.29 Å². The Morgan fingerprint density at radius 1 is 0.841 bits per heavy atom. The number of rotatable bonds is 17. The van der Waals surface area contributed by atoms with Gasteiger partial charge in [-0.15, -0.1) is 0 Å². The Bertz CT molecular complexity index is 1420. The number of benzene rings is 3. The lowest BCUT2D eigenvalue weighted by Crippen LogP contribution is -2.44. The molecule has 10 nitrogen and oxygen atoms in total. The summed E-state index contributed by atoms with van der Waals surface area (Å²) in [6, 6.07) is 20.1. The number of amides is 1. The van der Waals surface area contributed by atoms with Gasteiger partial charge in [-0.2, -0.15) is 0 Å². The molecule has 0 saturated heterocycles. The van der Waals surface area contributed by atoms with E-state index in [4.69, 9.17) is 14.2 Å². The number of nitrogens with zero attached hydrogens (tertiary/aromatic N) is 1. The van der Waals surface area contributed by atoms with Gasteiger partial charge in [-0.05, 0) is 60.9 Å². The van der Waals surface area contributed by atoms with Crippen LogP contribution in [-0.4, -0.2) is 71.6 Å². The van der Waals surface area contributed by atoms with Crippen molar-refractivity contribution in [3.8, 4) is 0 Å². The lowest BCUT2D eigenvalue weighted by Gasteiger charge is -2.37. The normalized spacial score (nSPS) is 13.3. The predicted molar refractivity (Wildman–Crippen MR) is 164 cm³/mol. The molecule has 3 unspecified atom stereocenters. The summed E-state index contributed by atoms with van der Waals surface area (Å²) in [5, 5.41) is 21.0. The number of carbonyl (C=O) groups excluding carboxylic acids is 2. The van der Waals surface area contributed by atoms with E-state index in [2.05, 4.69) is 0 Å². The molecule has 3 rings (SSSR count). The van der Waals surface area contributed by atoms with Crippen LogP contribution in [-0.2, 0) is 35.1 Å². The highest BCUT2D eigenvalue weighted by molar-refractivity contribution is 5.89. The van der Waals surface area contributed by atoms with Crippen LogP contribution in [0, 0.1) is 5.92 Å². The molecule has 0 aliphatic heterocycles. The highest BCUT2D eigenvalue weighted by atomic mass is 16.7. The molecule has 0 radical (unpaired) electrons. The van der Waals surface area contributed by atoms with Crippen molar-refractivity contribution in [2.75, 3.05) is 20.3 Å². The minimum Gasteiger partial charge on any atom is -0.481 e. The number of ether oxygens (including phenoxy) is 3. The third kappa shape index (κ3) is 9.36. The first kappa shape index (κ1) is 34.2. The van der Waals surface area contributed by atoms with Gasteiger partial charge in [-0.25, -0.2) is 4.79 Å². The number of aliphatic carboxylic acids is 2. The second kappa shape index (κ2) is 16.5. The van der Waals surface area contributed by atoms with Crippen LogP contribution >= 0.6 is 0 Å². The molecule has 0 aliphatic rings. The molecule has 0 saturated carbocycles. The summed E-state index contributed by atoms with van der Waals surface area (Å²) in [6.45, 7) is 6.57. The van der Waals surface area contributed by atoms with Crippen LogP contribution in [0.1, 0.15) is 67.4 Å². The van der Waals surface area contributed by atoms with Gasteiger partial charge in [0.2, 0.25) is 5.91 Å². The minimum atomic E-state index is -1.39. The molecule has 0 aromatic heterocycles. The van der Waals surface area contributed by atoms with E-state index >= 15 is 0 Å². The molecule has 0 fully saturated rings. The van der Waals surface area contributed by atoms with Crippen molar-refractivity contribution in [3.63, 3.8) is 0 Å². The van der Waals surface area contributed by atoms with E-state index in [0.717, 1.165) is 21.9 Å². The van der Waals surface area contributed by atoms with Gasteiger partial charge < -0.3 is 29.3 Å². The molecule has 3 aromatic carbocycles. The molecule has 0 spiro atoms. The highest BCUT2D eigenvalue weighted by Crippen LogP contribution is 2.32. The summed E-state index contributed by atoms with van der Waals surface area (Å²) in [7, 11) is 1.31. The largest absolute Gasteiger partial charge is 0.481 e. The van der Waals surface area contributed by atoms with Crippen molar-refractivity contribution >= 4 is 34.6 Å². The smallest absolute Gasteiger partial charge is 0.337 e. The molecular formula is C34H41NO9. The van der Waals surface area contributed by atoms with Crippen LogP contribution in [0.25, 0.3) is 10.8 Å². The van der Waals surface area contributed by atoms with E-state index in [0.29, 0.717) is 25.2 Å². The number of hydrogen-bond acceptors (Lipinski definition) is 7.